The van der Waals surface area contributed by atoms with Crippen molar-refractivity contribution in [3.05, 3.63) is 107 Å². The van der Waals surface area contributed by atoms with E-state index in [0.29, 0.717) is 40.1 Å². The van der Waals surface area contributed by atoms with E-state index in [4.69, 9.17) is 9.47 Å². The average Bonchev–Trinajstić information content (AvgIpc) is 3.52. The Morgan fingerprint density at radius 2 is 1.72 bits per heavy atom. The molecule has 2 heterocycles. The highest BCUT2D eigenvalue weighted by molar-refractivity contribution is 7.14. The summed E-state index contributed by atoms with van der Waals surface area (Å²) in [5, 5.41) is 13.4. The molecule has 1 unspecified atom stereocenters. The minimum Gasteiger partial charge on any atom is -0.507 e. The lowest BCUT2D eigenvalue weighted by Crippen LogP contribution is -2.29. The number of nitrogens with zero attached hydrogens (tertiary/aromatic N) is 2. The first-order valence-electron chi connectivity index (χ1n) is 11.3. The van der Waals surface area contributed by atoms with Crippen LogP contribution in [0, 0.1) is 0 Å². The standard InChI is InChI=1S/C28H22N2O5S/c1-2-34-20-13-11-18(12-14-20)25(31)23-24(30(27(33)26(23)32)28-29-15-16-36-28)19-7-6-10-22(17-19)35-21-8-4-3-5-9-21/h3-17,24,31H,2H2,1H3/b25-23+. The molecule has 3 aromatic carbocycles. The van der Waals surface area contributed by atoms with Gasteiger partial charge in [0.15, 0.2) is 5.13 Å². The number of amides is 1. The van der Waals surface area contributed by atoms with Crippen molar-refractivity contribution in [2.24, 2.45) is 0 Å². The smallest absolute Gasteiger partial charge is 0.301 e. The van der Waals surface area contributed by atoms with Crippen molar-refractivity contribution in [3.63, 3.8) is 0 Å². The summed E-state index contributed by atoms with van der Waals surface area (Å²) >= 11 is 1.24. The minimum absolute atomic E-state index is 0.0174. The Labute approximate surface area is 211 Å². The lowest BCUT2D eigenvalue weighted by atomic mass is 9.95. The van der Waals surface area contributed by atoms with Gasteiger partial charge in [-0.2, -0.15) is 0 Å². The molecular weight excluding hydrogens is 476 g/mol. The molecule has 1 amide bonds. The van der Waals surface area contributed by atoms with Gasteiger partial charge in [-0.15, -0.1) is 11.3 Å². The van der Waals surface area contributed by atoms with Crippen LogP contribution in [0.25, 0.3) is 5.76 Å². The Morgan fingerprint density at radius 1 is 0.972 bits per heavy atom. The van der Waals surface area contributed by atoms with E-state index in [1.807, 2.05) is 37.3 Å². The van der Waals surface area contributed by atoms with Gasteiger partial charge < -0.3 is 14.6 Å². The quantitative estimate of drug-likeness (QED) is 0.192. The fraction of sp³-hybridized carbons (Fsp3) is 0.107. The number of ether oxygens (including phenoxy) is 2. The van der Waals surface area contributed by atoms with Crippen LogP contribution < -0.4 is 14.4 Å². The Bertz CT molecular complexity index is 1420. The summed E-state index contributed by atoms with van der Waals surface area (Å²) in [4.78, 5) is 32.1. The van der Waals surface area contributed by atoms with E-state index in [2.05, 4.69) is 4.98 Å². The molecule has 7 nitrogen and oxygen atoms in total. The summed E-state index contributed by atoms with van der Waals surface area (Å²) in [5.41, 5.74) is 0.985. The van der Waals surface area contributed by atoms with Gasteiger partial charge >= 0.3 is 5.91 Å². The molecular formula is C28H22N2O5S. The van der Waals surface area contributed by atoms with Crippen LogP contribution in [-0.2, 0) is 9.59 Å². The number of aliphatic hydroxyl groups excluding tert-OH is 1. The van der Waals surface area contributed by atoms with Gasteiger partial charge in [0.1, 0.15) is 23.0 Å². The third kappa shape index (κ3) is 4.46. The maximum absolute atomic E-state index is 13.3. The summed E-state index contributed by atoms with van der Waals surface area (Å²) in [6.45, 7) is 2.38. The van der Waals surface area contributed by atoms with Crippen molar-refractivity contribution in [2.75, 3.05) is 11.5 Å². The van der Waals surface area contributed by atoms with E-state index >= 15 is 0 Å². The molecule has 1 atom stereocenters. The SMILES string of the molecule is CCOc1ccc(/C(O)=C2\C(=O)C(=O)N(c3nccs3)C2c2cccc(Oc3ccccc3)c2)cc1. The molecule has 0 spiro atoms. The van der Waals surface area contributed by atoms with E-state index < -0.39 is 17.7 Å². The van der Waals surface area contributed by atoms with Crippen LogP contribution in [0.4, 0.5) is 5.13 Å². The third-order valence-corrected chi connectivity index (χ3v) is 6.43. The molecule has 8 heteroatoms. The molecule has 1 aliphatic rings. The molecule has 1 aliphatic heterocycles. The van der Waals surface area contributed by atoms with Crippen LogP contribution in [0.1, 0.15) is 24.1 Å². The number of aromatic nitrogens is 1. The number of rotatable bonds is 7. The molecule has 36 heavy (non-hydrogen) atoms. The van der Waals surface area contributed by atoms with E-state index in [0.717, 1.165) is 0 Å². The molecule has 1 N–H and O–H groups in total. The van der Waals surface area contributed by atoms with Crippen molar-refractivity contribution in [2.45, 2.75) is 13.0 Å². The number of anilines is 1. The fourth-order valence-corrected chi connectivity index (χ4v) is 4.75. The zero-order valence-corrected chi connectivity index (χ0v) is 20.1. The van der Waals surface area contributed by atoms with Crippen LogP contribution in [0.5, 0.6) is 17.2 Å². The predicted molar refractivity (Wildman–Crippen MR) is 137 cm³/mol. The van der Waals surface area contributed by atoms with Gasteiger partial charge in [-0.1, -0.05) is 30.3 Å². The molecule has 5 rings (SSSR count). The Balaban J connectivity index is 1.61. The summed E-state index contributed by atoms with van der Waals surface area (Å²) in [7, 11) is 0. The summed E-state index contributed by atoms with van der Waals surface area (Å²) < 4.78 is 11.5. The fourth-order valence-electron chi connectivity index (χ4n) is 4.08. The number of benzene rings is 3. The van der Waals surface area contributed by atoms with Crippen molar-refractivity contribution >= 4 is 33.9 Å². The molecule has 0 radical (unpaired) electrons. The highest BCUT2D eigenvalue weighted by Gasteiger charge is 2.48. The molecule has 4 aromatic rings. The molecule has 0 saturated carbocycles. The van der Waals surface area contributed by atoms with Gasteiger partial charge in [-0.25, -0.2) is 4.98 Å². The predicted octanol–water partition coefficient (Wildman–Crippen LogP) is 5.96. The zero-order chi connectivity index (χ0) is 25.1. The number of ketones is 1. The van der Waals surface area contributed by atoms with E-state index in [1.54, 1.807) is 60.1 Å². The van der Waals surface area contributed by atoms with Crippen LogP contribution in [0.15, 0.2) is 96.0 Å². The van der Waals surface area contributed by atoms with Crippen LogP contribution in [0.2, 0.25) is 0 Å². The van der Waals surface area contributed by atoms with Crippen molar-refractivity contribution < 1.29 is 24.2 Å². The number of aliphatic hydroxyl groups is 1. The number of carbonyl (C=O) groups excluding carboxylic acids is 2. The second kappa shape index (κ2) is 10.1. The number of thiazole rings is 1. The minimum atomic E-state index is -0.887. The zero-order valence-electron chi connectivity index (χ0n) is 19.3. The highest BCUT2D eigenvalue weighted by atomic mass is 32.1. The molecule has 1 saturated heterocycles. The normalized spacial score (nSPS) is 16.8. The first-order chi connectivity index (χ1) is 17.6. The first-order valence-corrected chi connectivity index (χ1v) is 12.2. The Hall–Kier alpha value is -4.43. The second-order valence-electron chi connectivity index (χ2n) is 7.93. The van der Waals surface area contributed by atoms with Gasteiger partial charge in [-0.05, 0) is 61.0 Å². The van der Waals surface area contributed by atoms with Gasteiger partial charge in [0.2, 0.25) is 0 Å². The molecule has 1 fully saturated rings. The largest absolute Gasteiger partial charge is 0.507 e. The monoisotopic (exact) mass is 498 g/mol. The van der Waals surface area contributed by atoms with Crippen molar-refractivity contribution in [3.8, 4) is 17.2 Å². The lowest BCUT2D eigenvalue weighted by Gasteiger charge is -2.23. The van der Waals surface area contributed by atoms with E-state index in [-0.39, 0.29) is 11.3 Å². The second-order valence-corrected chi connectivity index (χ2v) is 8.80. The van der Waals surface area contributed by atoms with Gasteiger partial charge in [0, 0.05) is 17.1 Å². The maximum atomic E-state index is 13.3. The van der Waals surface area contributed by atoms with Crippen LogP contribution >= 0.6 is 11.3 Å². The summed E-state index contributed by atoms with van der Waals surface area (Å²) in [6, 6.07) is 22.3. The third-order valence-electron chi connectivity index (χ3n) is 5.66. The number of Topliss-reactive ketones (excluding diaryl/α,β-unsaturated/α-hetero) is 1. The Kier molecular flexibility index (Phi) is 6.51. The van der Waals surface area contributed by atoms with Gasteiger partial charge in [0.25, 0.3) is 5.78 Å². The number of carbonyl (C=O) groups is 2. The highest BCUT2D eigenvalue weighted by Crippen LogP contribution is 2.43. The number of hydrogen-bond donors (Lipinski definition) is 1. The topological polar surface area (TPSA) is 89.0 Å². The maximum Gasteiger partial charge on any atom is 0.301 e. The number of hydrogen-bond acceptors (Lipinski definition) is 7. The van der Waals surface area contributed by atoms with Crippen LogP contribution in [-0.4, -0.2) is 28.4 Å². The molecule has 1 aromatic heterocycles. The summed E-state index contributed by atoms with van der Waals surface area (Å²) in [5.74, 6) is 0.0183. The summed E-state index contributed by atoms with van der Waals surface area (Å²) in [6.07, 6.45) is 1.57. The van der Waals surface area contributed by atoms with Crippen molar-refractivity contribution in [1.82, 2.24) is 4.98 Å². The van der Waals surface area contributed by atoms with Crippen LogP contribution in [0.3, 0.4) is 0 Å². The number of para-hydroxylation sites is 1. The first kappa shape index (κ1) is 23.3. The Morgan fingerprint density at radius 3 is 2.42 bits per heavy atom. The van der Waals surface area contributed by atoms with Gasteiger partial charge in [0.05, 0.1) is 18.2 Å². The van der Waals surface area contributed by atoms with E-state index in [1.165, 1.54) is 16.2 Å². The van der Waals surface area contributed by atoms with E-state index in [9.17, 15) is 14.7 Å². The van der Waals surface area contributed by atoms with Gasteiger partial charge in [-0.3, -0.25) is 14.5 Å². The molecule has 0 aliphatic carbocycles. The van der Waals surface area contributed by atoms with Crippen molar-refractivity contribution in [1.29, 1.82) is 0 Å². The average molecular weight is 499 g/mol. The lowest BCUT2D eigenvalue weighted by molar-refractivity contribution is -0.132. The molecule has 180 valence electrons. The molecule has 0 bridgehead atoms.